The van der Waals surface area contributed by atoms with Gasteiger partial charge in [0.05, 0.1) is 0 Å². The number of anilines is 1. The van der Waals surface area contributed by atoms with Gasteiger partial charge in [-0.3, -0.25) is 11.1 Å². The van der Waals surface area contributed by atoms with E-state index in [9.17, 15) is 0 Å². The summed E-state index contributed by atoms with van der Waals surface area (Å²) in [6.45, 7) is 1.95. The molecule has 0 atom stereocenters. The minimum atomic E-state index is 0. The number of pyridine rings is 1. The third-order valence-corrected chi connectivity index (χ3v) is 7.49. The number of hydrogen-bond donors (Lipinski definition) is 0. The molecule has 0 bridgehead atoms. The maximum absolute atomic E-state index is 6.57. The summed E-state index contributed by atoms with van der Waals surface area (Å²) in [5, 5.41) is 0. The summed E-state index contributed by atoms with van der Waals surface area (Å²) in [4.78, 5) is 8.47. The number of nitrogens with zero attached hydrogens (tertiary/aromatic N) is 4. The fraction of sp³-hybridized carbons (Fsp3) is 0.0222. The fourth-order valence-electron chi connectivity index (χ4n) is 5.07. The summed E-state index contributed by atoms with van der Waals surface area (Å²) in [7, 11) is 1.96. The second-order valence-electron chi connectivity index (χ2n) is 11.3. The molecular formula is C45H29N4O3Pt2-3. The van der Waals surface area contributed by atoms with E-state index in [2.05, 4.69) is 41.4 Å². The average molecular weight is 1060 g/mol. The van der Waals surface area contributed by atoms with Crippen LogP contribution in [-0.2, 0) is 42.1 Å². The topological polar surface area (TPSA) is 52.0 Å². The molecule has 1 aliphatic rings. The van der Waals surface area contributed by atoms with Crippen LogP contribution in [-0.4, -0.2) is 21.5 Å². The van der Waals surface area contributed by atoms with Crippen molar-refractivity contribution in [3.05, 3.63) is 196 Å². The minimum absolute atomic E-state index is 0. The molecule has 0 fully saturated rings. The van der Waals surface area contributed by atoms with E-state index in [1.54, 1.807) is 23.2 Å². The van der Waals surface area contributed by atoms with E-state index >= 15 is 0 Å². The Morgan fingerprint density at radius 3 is 2.04 bits per heavy atom. The molecule has 54 heavy (non-hydrogen) atoms. The maximum atomic E-state index is 6.57. The Bertz CT molecular complexity index is 2310. The minimum Gasteiger partial charge on any atom is -0.669 e. The van der Waals surface area contributed by atoms with Crippen LogP contribution in [0.1, 0.15) is 0 Å². The van der Waals surface area contributed by atoms with Gasteiger partial charge < -0.3 is 40.0 Å². The molecule has 2 aromatic heterocycles. The first kappa shape index (κ1) is 39.4. The van der Waals surface area contributed by atoms with E-state index in [1.165, 1.54) is 0 Å². The average Bonchev–Trinajstić information content (AvgIpc) is 3.89. The van der Waals surface area contributed by atoms with Crippen molar-refractivity contribution in [3.63, 3.8) is 0 Å². The van der Waals surface area contributed by atoms with Crippen molar-refractivity contribution in [1.82, 2.24) is 14.5 Å². The molecule has 1 aliphatic heterocycles. The van der Waals surface area contributed by atoms with Crippen LogP contribution in [0.4, 0.5) is 5.69 Å². The van der Waals surface area contributed by atoms with Crippen LogP contribution in [0.3, 0.4) is 0 Å². The second kappa shape index (κ2) is 19.3. The first-order valence-corrected chi connectivity index (χ1v) is 16.2. The van der Waals surface area contributed by atoms with Crippen LogP contribution < -0.4 is 19.1 Å². The van der Waals surface area contributed by atoms with Gasteiger partial charge in [0.15, 0.2) is 0 Å². The van der Waals surface area contributed by atoms with Crippen LogP contribution in [0.25, 0.3) is 22.4 Å². The van der Waals surface area contributed by atoms with E-state index in [-0.39, 0.29) is 42.1 Å². The van der Waals surface area contributed by atoms with E-state index in [0.29, 0.717) is 28.7 Å². The van der Waals surface area contributed by atoms with Crippen molar-refractivity contribution in [2.24, 2.45) is 0 Å². The van der Waals surface area contributed by atoms with Gasteiger partial charge in [0.2, 0.25) is 0 Å². The molecule has 8 rings (SSSR count). The van der Waals surface area contributed by atoms with Crippen molar-refractivity contribution in [2.45, 2.75) is 0 Å². The van der Waals surface area contributed by atoms with E-state index in [1.807, 2.05) is 157 Å². The SMILES string of the molecule is CN1C=CN(c2[c-]c(Oc3[c-]c(-c4cc(-c5[c-]c(Oc6[c-]cccc6)ccc5)[c-]cn4)ccc3)cc(Oc3ccccc3)c2)[CH-]1.[C-]#Cn1cccc1.[Pt+4].[Pt]. The van der Waals surface area contributed by atoms with Gasteiger partial charge in [0.1, 0.15) is 5.75 Å². The number of ether oxygens (including phenoxy) is 3. The second-order valence-corrected chi connectivity index (χ2v) is 11.3. The van der Waals surface area contributed by atoms with Gasteiger partial charge in [-0.2, -0.15) is 37.0 Å². The molecule has 0 saturated heterocycles. The Labute approximate surface area is 345 Å². The van der Waals surface area contributed by atoms with Gasteiger partial charge in [0.25, 0.3) is 0 Å². The standard InChI is InChI=1S/C39H25N3O3.C6H4N.2Pt/c1-41-20-21-42(28-41)32-25-37(44-34-14-6-3-7-15-34)27-38(26-32)45-36-17-9-11-31(23-36)39-24-30(18-19-40-39)29-10-8-16-35(22-29)43-33-12-4-2-5-13-33;1-2-7-5-3-4-6-7;;/h2-12,14-17,19-21,24-25,27-28H,1H3;3-6H;;/q-6;-1;;+4. The van der Waals surface area contributed by atoms with Crippen molar-refractivity contribution in [1.29, 1.82) is 0 Å². The van der Waals surface area contributed by atoms with Crippen LogP contribution in [0.2, 0.25) is 0 Å². The van der Waals surface area contributed by atoms with Gasteiger partial charge in [-0.25, -0.2) is 24.2 Å². The molecule has 0 aliphatic carbocycles. The summed E-state index contributed by atoms with van der Waals surface area (Å²) in [6, 6.07) is 56.4. The molecule has 7 aromatic rings. The van der Waals surface area contributed by atoms with Crippen LogP contribution in [0.5, 0.6) is 34.5 Å². The Morgan fingerprint density at radius 2 is 1.35 bits per heavy atom. The van der Waals surface area contributed by atoms with Crippen molar-refractivity contribution in [2.75, 3.05) is 11.9 Å². The van der Waals surface area contributed by atoms with Gasteiger partial charge in [-0.15, -0.1) is 54.1 Å². The zero-order chi connectivity index (χ0) is 35.5. The predicted octanol–water partition coefficient (Wildman–Crippen LogP) is 10.0. The molecule has 0 unspecified atom stereocenters. The summed E-state index contributed by atoms with van der Waals surface area (Å²) in [6.07, 6.45) is 15.6. The smallest absolute Gasteiger partial charge is 0.669 e. The Kier molecular flexibility index (Phi) is 14.1. The van der Waals surface area contributed by atoms with Gasteiger partial charge in [-0.1, -0.05) is 47.9 Å². The zero-order valence-corrected chi connectivity index (χ0v) is 33.2. The van der Waals surface area contributed by atoms with Crippen LogP contribution in [0, 0.1) is 49.5 Å². The Balaban J connectivity index is 0.000000562. The molecular weight excluding hydrogens is 1030 g/mol. The number of aromatic nitrogens is 2. The quantitative estimate of drug-likeness (QED) is 0.106. The molecule has 0 radical (unpaired) electrons. The van der Waals surface area contributed by atoms with Crippen molar-refractivity contribution in [3.8, 4) is 62.9 Å². The first-order valence-electron chi connectivity index (χ1n) is 16.2. The zero-order valence-electron chi connectivity index (χ0n) is 28.7. The largest absolute Gasteiger partial charge is 4.00 e. The molecule has 0 N–H and O–H groups in total. The fourth-order valence-corrected chi connectivity index (χ4v) is 5.07. The molecule has 7 nitrogen and oxygen atoms in total. The molecule has 0 saturated carbocycles. The Morgan fingerprint density at radius 1 is 0.648 bits per heavy atom. The van der Waals surface area contributed by atoms with E-state index in [0.717, 1.165) is 33.8 Å². The summed E-state index contributed by atoms with van der Waals surface area (Å²) >= 11 is 0. The molecule has 3 heterocycles. The van der Waals surface area contributed by atoms with Crippen LogP contribution in [0.15, 0.2) is 152 Å². The Hall–Kier alpha value is -5.79. The third-order valence-electron chi connectivity index (χ3n) is 7.49. The molecule has 5 aromatic carbocycles. The van der Waals surface area contributed by atoms with Gasteiger partial charge >= 0.3 is 21.1 Å². The van der Waals surface area contributed by atoms with Gasteiger partial charge in [-0.05, 0) is 43.7 Å². The van der Waals surface area contributed by atoms with Crippen molar-refractivity contribution < 1.29 is 56.3 Å². The first-order chi connectivity index (χ1) is 25.6. The number of benzene rings is 5. The predicted molar refractivity (Wildman–Crippen MR) is 199 cm³/mol. The third kappa shape index (κ3) is 10.6. The molecule has 270 valence electrons. The van der Waals surface area contributed by atoms with Crippen molar-refractivity contribution >= 4 is 5.69 Å². The number of para-hydroxylation sites is 2. The van der Waals surface area contributed by atoms with Crippen LogP contribution >= 0.6 is 0 Å². The number of hydrogen-bond acceptors (Lipinski definition) is 6. The summed E-state index contributed by atoms with van der Waals surface area (Å²) in [5.41, 5.74) is 3.91. The summed E-state index contributed by atoms with van der Waals surface area (Å²) in [5.74, 6) is 3.56. The molecule has 0 amide bonds. The number of rotatable bonds is 9. The maximum Gasteiger partial charge on any atom is 4.00 e. The van der Waals surface area contributed by atoms with E-state index in [4.69, 9.17) is 20.6 Å². The molecule has 0 spiro atoms. The summed E-state index contributed by atoms with van der Waals surface area (Å²) < 4.78 is 19.9. The monoisotopic (exact) mass is 1060 g/mol. The van der Waals surface area contributed by atoms with Gasteiger partial charge in [0, 0.05) is 62.2 Å². The van der Waals surface area contributed by atoms with E-state index < -0.39 is 0 Å². The molecule has 9 heteroatoms. The normalized spacial score (nSPS) is 11.3.